The van der Waals surface area contributed by atoms with Gasteiger partial charge in [0.2, 0.25) is 0 Å². The fourth-order valence-electron chi connectivity index (χ4n) is 2.38. The summed E-state index contributed by atoms with van der Waals surface area (Å²) in [5, 5.41) is 4.23. The van der Waals surface area contributed by atoms with Crippen molar-refractivity contribution in [2.45, 2.75) is 20.0 Å². The normalized spacial score (nSPS) is 12.0. The predicted molar refractivity (Wildman–Crippen MR) is 77.3 cm³/mol. The lowest BCUT2D eigenvalue weighted by molar-refractivity contribution is -0.137. The number of halogens is 3. The molecule has 4 nitrogen and oxygen atoms in total. The van der Waals surface area contributed by atoms with Gasteiger partial charge >= 0.3 is 6.18 Å². The van der Waals surface area contributed by atoms with Crippen LogP contribution in [0.2, 0.25) is 0 Å². The Balaban J connectivity index is 2.30. The highest BCUT2D eigenvalue weighted by atomic mass is 19.4. The van der Waals surface area contributed by atoms with Crippen molar-refractivity contribution < 1.29 is 13.2 Å². The average molecular weight is 306 g/mol. The van der Waals surface area contributed by atoms with Crippen LogP contribution in [0.1, 0.15) is 16.8 Å². The summed E-state index contributed by atoms with van der Waals surface area (Å²) >= 11 is 0. The van der Waals surface area contributed by atoms with Crippen LogP contribution < -0.4 is 5.73 Å². The van der Waals surface area contributed by atoms with Crippen LogP contribution in [0.5, 0.6) is 0 Å². The summed E-state index contributed by atoms with van der Waals surface area (Å²) in [5.41, 5.74) is 7.25. The number of nitrogens with two attached hydrogens (primary N) is 1. The van der Waals surface area contributed by atoms with E-state index >= 15 is 0 Å². The Morgan fingerprint density at radius 2 is 1.82 bits per heavy atom. The maximum atomic E-state index is 13.2. The van der Waals surface area contributed by atoms with Gasteiger partial charge in [-0.1, -0.05) is 18.2 Å². The topological polar surface area (TPSA) is 56.2 Å². The number of nitrogen functional groups attached to an aromatic ring is 1. The number of anilines is 1. The summed E-state index contributed by atoms with van der Waals surface area (Å²) in [7, 11) is 0. The molecule has 2 aromatic heterocycles. The highest BCUT2D eigenvalue weighted by Gasteiger charge is 2.33. The Morgan fingerprint density at radius 3 is 2.50 bits per heavy atom. The lowest BCUT2D eigenvalue weighted by atomic mass is 10.0. The van der Waals surface area contributed by atoms with Crippen LogP contribution in [0, 0.1) is 13.8 Å². The molecular formula is C15H13F3N4. The molecule has 3 aromatic rings. The molecular weight excluding hydrogens is 293 g/mol. The lowest BCUT2D eigenvalue weighted by Crippen LogP contribution is -2.09. The molecule has 1 aromatic carbocycles. The summed E-state index contributed by atoms with van der Waals surface area (Å²) in [6.45, 7) is 3.50. The van der Waals surface area contributed by atoms with Gasteiger partial charge < -0.3 is 5.73 Å². The minimum absolute atomic E-state index is 0.0192. The zero-order valence-electron chi connectivity index (χ0n) is 11.9. The van der Waals surface area contributed by atoms with E-state index in [0.717, 1.165) is 6.07 Å². The number of hydrogen-bond donors (Lipinski definition) is 1. The van der Waals surface area contributed by atoms with E-state index in [9.17, 15) is 13.2 Å². The van der Waals surface area contributed by atoms with Gasteiger partial charge in [0.15, 0.2) is 5.65 Å². The van der Waals surface area contributed by atoms with Gasteiger partial charge in [-0.05, 0) is 31.5 Å². The first kappa shape index (κ1) is 14.4. The van der Waals surface area contributed by atoms with Gasteiger partial charge in [-0.2, -0.15) is 22.8 Å². The standard InChI is InChI=1S/C15H13F3N4/c1-8-7-12(21-22-13(19)9(2)20-14(8)22)10-5-3-4-6-11(10)15(16,17)18/h3-7H,19H2,1-2H3. The van der Waals surface area contributed by atoms with E-state index in [2.05, 4.69) is 10.1 Å². The van der Waals surface area contributed by atoms with Crippen LogP contribution in [0.3, 0.4) is 0 Å². The lowest BCUT2D eigenvalue weighted by Gasteiger charge is -2.13. The summed E-state index contributed by atoms with van der Waals surface area (Å²) < 4.78 is 40.9. The molecule has 0 fully saturated rings. The van der Waals surface area contributed by atoms with E-state index in [1.165, 1.54) is 16.6 Å². The summed E-state index contributed by atoms with van der Waals surface area (Å²) in [6.07, 6.45) is -4.45. The average Bonchev–Trinajstić information content (AvgIpc) is 2.75. The summed E-state index contributed by atoms with van der Waals surface area (Å²) in [5.74, 6) is 0.324. The van der Waals surface area contributed by atoms with Gasteiger partial charge in [-0.25, -0.2) is 4.98 Å². The quantitative estimate of drug-likeness (QED) is 0.747. The molecule has 0 atom stereocenters. The highest BCUT2D eigenvalue weighted by Crippen LogP contribution is 2.36. The van der Waals surface area contributed by atoms with Gasteiger partial charge in [0.05, 0.1) is 17.0 Å². The van der Waals surface area contributed by atoms with Crippen molar-refractivity contribution in [1.29, 1.82) is 0 Å². The Hall–Kier alpha value is -2.57. The third-order valence-corrected chi connectivity index (χ3v) is 3.50. The van der Waals surface area contributed by atoms with E-state index in [1.54, 1.807) is 26.0 Å². The van der Waals surface area contributed by atoms with Gasteiger partial charge in [0, 0.05) is 5.56 Å². The third kappa shape index (κ3) is 2.18. The molecule has 114 valence electrons. The zero-order chi connectivity index (χ0) is 16.1. The maximum Gasteiger partial charge on any atom is 0.417 e. The highest BCUT2D eigenvalue weighted by molar-refractivity contribution is 5.68. The van der Waals surface area contributed by atoms with Crippen molar-refractivity contribution in [2.24, 2.45) is 0 Å². The monoisotopic (exact) mass is 306 g/mol. The molecule has 22 heavy (non-hydrogen) atoms. The molecule has 0 radical (unpaired) electrons. The number of hydrogen-bond acceptors (Lipinski definition) is 3. The molecule has 2 heterocycles. The molecule has 0 spiro atoms. The second kappa shape index (κ2) is 4.72. The third-order valence-electron chi connectivity index (χ3n) is 3.50. The first-order valence-electron chi connectivity index (χ1n) is 6.58. The van der Waals surface area contributed by atoms with Gasteiger partial charge in [-0.15, -0.1) is 0 Å². The van der Waals surface area contributed by atoms with Crippen LogP contribution in [0.15, 0.2) is 30.3 Å². The minimum Gasteiger partial charge on any atom is -0.382 e. The Kier molecular flexibility index (Phi) is 3.09. The fourth-order valence-corrected chi connectivity index (χ4v) is 2.38. The first-order chi connectivity index (χ1) is 10.3. The predicted octanol–water partition coefficient (Wildman–Crippen LogP) is 3.61. The summed E-state index contributed by atoms with van der Waals surface area (Å²) in [4.78, 5) is 4.27. The van der Waals surface area contributed by atoms with E-state index in [-0.39, 0.29) is 11.3 Å². The number of nitrogens with zero attached hydrogens (tertiary/aromatic N) is 3. The molecule has 0 aliphatic carbocycles. The fraction of sp³-hybridized carbons (Fsp3) is 0.200. The largest absolute Gasteiger partial charge is 0.417 e. The molecule has 0 aliphatic rings. The van der Waals surface area contributed by atoms with E-state index in [0.29, 0.717) is 22.7 Å². The first-order valence-corrected chi connectivity index (χ1v) is 6.58. The van der Waals surface area contributed by atoms with Crippen molar-refractivity contribution in [3.05, 3.63) is 47.2 Å². The molecule has 0 unspecified atom stereocenters. The van der Waals surface area contributed by atoms with E-state index in [4.69, 9.17) is 5.73 Å². The van der Waals surface area contributed by atoms with E-state index in [1.807, 2.05) is 0 Å². The van der Waals surface area contributed by atoms with Crippen molar-refractivity contribution in [3.63, 3.8) is 0 Å². The van der Waals surface area contributed by atoms with Gasteiger partial charge in [0.25, 0.3) is 0 Å². The molecule has 0 saturated heterocycles. The second-order valence-electron chi connectivity index (χ2n) is 5.07. The number of rotatable bonds is 1. The van der Waals surface area contributed by atoms with E-state index < -0.39 is 11.7 Å². The number of imidazole rings is 1. The molecule has 0 saturated carbocycles. The van der Waals surface area contributed by atoms with Crippen LogP contribution in [0.4, 0.5) is 19.0 Å². The Labute approximate surface area is 124 Å². The van der Waals surface area contributed by atoms with Crippen LogP contribution >= 0.6 is 0 Å². The van der Waals surface area contributed by atoms with Gasteiger partial charge in [0.1, 0.15) is 5.82 Å². The maximum absolute atomic E-state index is 13.2. The SMILES string of the molecule is Cc1nc2c(C)cc(-c3ccccc3C(F)(F)F)nn2c1N. The molecule has 0 amide bonds. The van der Waals surface area contributed by atoms with Crippen LogP contribution in [-0.2, 0) is 6.18 Å². The summed E-state index contributed by atoms with van der Waals surface area (Å²) in [6, 6.07) is 6.93. The smallest absolute Gasteiger partial charge is 0.382 e. The molecule has 7 heteroatoms. The number of alkyl halides is 3. The van der Waals surface area contributed by atoms with Crippen molar-refractivity contribution in [2.75, 3.05) is 5.73 Å². The molecule has 3 rings (SSSR count). The molecule has 0 aliphatic heterocycles. The minimum atomic E-state index is -4.45. The number of aryl methyl sites for hydroxylation is 2. The van der Waals surface area contributed by atoms with Crippen LogP contribution in [-0.4, -0.2) is 14.6 Å². The van der Waals surface area contributed by atoms with Crippen LogP contribution in [0.25, 0.3) is 16.9 Å². The number of fused-ring (bicyclic) bond motifs is 1. The number of benzene rings is 1. The number of aromatic nitrogens is 3. The zero-order valence-corrected chi connectivity index (χ0v) is 11.9. The molecule has 2 N–H and O–H groups in total. The molecule has 0 bridgehead atoms. The van der Waals surface area contributed by atoms with Crippen molar-refractivity contribution in [1.82, 2.24) is 14.6 Å². The second-order valence-corrected chi connectivity index (χ2v) is 5.07. The van der Waals surface area contributed by atoms with Gasteiger partial charge in [-0.3, -0.25) is 0 Å². The Morgan fingerprint density at radius 1 is 1.14 bits per heavy atom. The van der Waals surface area contributed by atoms with Crippen molar-refractivity contribution in [3.8, 4) is 11.3 Å². The van der Waals surface area contributed by atoms with Crippen molar-refractivity contribution >= 4 is 11.5 Å². The Bertz CT molecular complexity index is 865.